The van der Waals surface area contributed by atoms with Gasteiger partial charge in [-0.1, -0.05) is 24.2 Å². The first-order chi connectivity index (χ1) is 8.97. The van der Waals surface area contributed by atoms with Crippen molar-refractivity contribution < 1.29 is 9.59 Å². The zero-order chi connectivity index (χ0) is 14.2. The molecule has 0 radical (unpaired) electrons. The first-order valence-electron chi connectivity index (χ1n) is 5.56. The highest BCUT2D eigenvalue weighted by Gasteiger charge is 2.42. The molecule has 1 aliphatic rings. The van der Waals surface area contributed by atoms with Crippen LogP contribution in [0.3, 0.4) is 0 Å². The van der Waals surface area contributed by atoms with Crippen LogP contribution in [-0.2, 0) is 4.79 Å². The number of hydrazine groups is 2. The van der Waals surface area contributed by atoms with Gasteiger partial charge in [-0.15, -0.1) is 0 Å². The highest BCUT2D eigenvalue weighted by Crippen LogP contribution is 2.30. The summed E-state index contributed by atoms with van der Waals surface area (Å²) < 4.78 is 0. The highest BCUT2D eigenvalue weighted by atomic mass is 35.5. The van der Waals surface area contributed by atoms with E-state index in [0.29, 0.717) is 16.3 Å². The molecule has 7 heteroatoms. The SMILES string of the molecule is C=C1C(=O)N(c2cccc(Cl)c2)N(C(=O)NN)C1C. The number of urea groups is 1. The van der Waals surface area contributed by atoms with Gasteiger partial charge < -0.3 is 0 Å². The number of halogens is 1. The van der Waals surface area contributed by atoms with Crippen molar-refractivity contribution in [3.8, 4) is 0 Å². The number of rotatable bonds is 1. The number of benzene rings is 1. The molecule has 1 saturated heterocycles. The molecule has 1 aliphatic heterocycles. The van der Waals surface area contributed by atoms with Gasteiger partial charge in [0.2, 0.25) is 0 Å². The molecule has 3 amide bonds. The van der Waals surface area contributed by atoms with Crippen LogP contribution in [0.4, 0.5) is 10.5 Å². The molecule has 3 N–H and O–H groups in total. The Morgan fingerprint density at radius 1 is 1.53 bits per heavy atom. The lowest BCUT2D eigenvalue weighted by molar-refractivity contribution is -0.115. The first-order valence-corrected chi connectivity index (χ1v) is 5.93. The summed E-state index contributed by atoms with van der Waals surface area (Å²) in [6, 6.07) is 5.55. The van der Waals surface area contributed by atoms with Gasteiger partial charge in [-0.25, -0.2) is 20.7 Å². The van der Waals surface area contributed by atoms with Crippen molar-refractivity contribution in [3.63, 3.8) is 0 Å². The van der Waals surface area contributed by atoms with Crippen LogP contribution < -0.4 is 16.3 Å². The van der Waals surface area contributed by atoms with Crippen molar-refractivity contribution >= 4 is 29.2 Å². The van der Waals surface area contributed by atoms with Crippen molar-refractivity contribution in [2.24, 2.45) is 5.84 Å². The topological polar surface area (TPSA) is 78.7 Å². The molecule has 0 aliphatic carbocycles. The van der Waals surface area contributed by atoms with Crippen LogP contribution in [0.15, 0.2) is 36.4 Å². The Hall–Kier alpha value is -2.05. The summed E-state index contributed by atoms with van der Waals surface area (Å²) in [5.74, 6) is 4.78. The number of nitrogens with one attached hydrogen (secondary N) is 1. The van der Waals surface area contributed by atoms with Crippen LogP contribution in [0, 0.1) is 0 Å². The minimum Gasteiger partial charge on any atom is -0.274 e. The maximum absolute atomic E-state index is 12.2. The van der Waals surface area contributed by atoms with Crippen molar-refractivity contribution in [2.45, 2.75) is 13.0 Å². The molecule has 1 atom stereocenters. The van der Waals surface area contributed by atoms with E-state index in [4.69, 9.17) is 17.4 Å². The third kappa shape index (κ3) is 2.16. The second-order valence-electron chi connectivity index (χ2n) is 4.09. The van der Waals surface area contributed by atoms with Gasteiger partial charge >= 0.3 is 6.03 Å². The number of nitrogens with zero attached hydrogens (tertiary/aromatic N) is 2. The van der Waals surface area contributed by atoms with Crippen LogP contribution in [0.2, 0.25) is 5.02 Å². The predicted molar refractivity (Wildman–Crippen MR) is 72.1 cm³/mol. The first kappa shape index (κ1) is 13.4. The van der Waals surface area contributed by atoms with Crippen molar-refractivity contribution in [1.82, 2.24) is 10.4 Å². The molecule has 0 saturated carbocycles. The van der Waals surface area contributed by atoms with E-state index in [-0.39, 0.29) is 5.91 Å². The number of amides is 3. The van der Waals surface area contributed by atoms with Crippen molar-refractivity contribution in [3.05, 3.63) is 41.4 Å². The molecule has 1 unspecified atom stereocenters. The fourth-order valence-electron chi connectivity index (χ4n) is 1.92. The molecular weight excluding hydrogens is 268 g/mol. The molecule has 1 fully saturated rings. The fraction of sp³-hybridized carbons (Fsp3) is 0.167. The summed E-state index contributed by atoms with van der Waals surface area (Å²) in [5.41, 5.74) is 2.80. The Bertz CT molecular complexity index is 560. The lowest BCUT2D eigenvalue weighted by Crippen LogP contribution is -2.52. The molecular formula is C12H13ClN4O2. The fourth-order valence-corrected chi connectivity index (χ4v) is 2.10. The van der Waals surface area contributed by atoms with E-state index < -0.39 is 12.1 Å². The molecule has 1 aromatic carbocycles. The molecule has 0 spiro atoms. The van der Waals surface area contributed by atoms with E-state index in [0.717, 1.165) is 0 Å². The number of carbonyl (C=O) groups excluding carboxylic acids is 2. The summed E-state index contributed by atoms with van der Waals surface area (Å²) in [7, 11) is 0. The molecule has 6 nitrogen and oxygen atoms in total. The van der Waals surface area contributed by atoms with E-state index in [2.05, 4.69) is 6.58 Å². The summed E-state index contributed by atoms with van der Waals surface area (Å²) >= 11 is 5.90. The molecule has 0 aromatic heterocycles. The molecule has 0 bridgehead atoms. The van der Waals surface area contributed by atoms with Gasteiger partial charge in [-0.05, 0) is 25.1 Å². The molecule has 2 rings (SSSR count). The average Bonchev–Trinajstić information content (AvgIpc) is 2.62. The van der Waals surface area contributed by atoms with Crippen LogP contribution in [0.25, 0.3) is 0 Å². The quantitative estimate of drug-likeness (QED) is 0.353. The van der Waals surface area contributed by atoms with E-state index in [1.807, 2.05) is 5.43 Å². The normalized spacial score (nSPS) is 19.0. The van der Waals surface area contributed by atoms with E-state index >= 15 is 0 Å². The molecule has 1 aromatic rings. The second-order valence-corrected chi connectivity index (χ2v) is 4.53. The smallest absolute Gasteiger partial charge is 0.274 e. The maximum atomic E-state index is 12.2. The standard InChI is InChI=1S/C12H13ClN4O2/c1-7-8(2)16(12(19)15-14)17(11(7)18)10-5-3-4-9(13)6-10/h3-6,8H,1,14H2,2H3,(H,15,19). The van der Waals surface area contributed by atoms with Gasteiger partial charge in [-0.2, -0.15) is 0 Å². The maximum Gasteiger partial charge on any atom is 0.351 e. The van der Waals surface area contributed by atoms with Gasteiger partial charge in [-0.3, -0.25) is 10.2 Å². The van der Waals surface area contributed by atoms with Crippen LogP contribution >= 0.6 is 11.6 Å². The van der Waals surface area contributed by atoms with E-state index in [9.17, 15) is 9.59 Å². The lowest BCUT2D eigenvalue weighted by atomic mass is 10.2. The van der Waals surface area contributed by atoms with Gasteiger partial charge in [0.05, 0.1) is 11.7 Å². The van der Waals surface area contributed by atoms with Crippen molar-refractivity contribution in [2.75, 3.05) is 5.01 Å². The zero-order valence-electron chi connectivity index (χ0n) is 10.3. The van der Waals surface area contributed by atoms with Gasteiger partial charge in [0.15, 0.2) is 0 Å². The third-order valence-corrected chi connectivity index (χ3v) is 3.17. The number of anilines is 1. The minimum absolute atomic E-state index is 0.309. The second kappa shape index (κ2) is 4.91. The van der Waals surface area contributed by atoms with Crippen LogP contribution in [0.1, 0.15) is 6.92 Å². The molecule has 19 heavy (non-hydrogen) atoms. The molecule has 1 heterocycles. The van der Waals surface area contributed by atoms with Crippen LogP contribution in [-0.4, -0.2) is 23.0 Å². The number of hydrogen-bond donors (Lipinski definition) is 2. The average molecular weight is 281 g/mol. The Kier molecular flexibility index (Phi) is 3.46. The lowest BCUT2D eigenvalue weighted by Gasteiger charge is -2.29. The number of carbonyl (C=O) groups is 2. The van der Waals surface area contributed by atoms with Crippen LogP contribution in [0.5, 0.6) is 0 Å². The third-order valence-electron chi connectivity index (χ3n) is 2.94. The van der Waals surface area contributed by atoms with Gasteiger partial charge in [0.25, 0.3) is 5.91 Å². The Balaban J connectivity index is 2.48. The Morgan fingerprint density at radius 3 is 2.79 bits per heavy atom. The Morgan fingerprint density at radius 2 is 2.21 bits per heavy atom. The summed E-state index contributed by atoms with van der Waals surface area (Å²) in [5, 5.41) is 2.88. The summed E-state index contributed by atoms with van der Waals surface area (Å²) in [6.45, 7) is 5.39. The zero-order valence-corrected chi connectivity index (χ0v) is 11.0. The van der Waals surface area contributed by atoms with Crippen molar-refractivity contribution in [1.29, 1.82) is 0 Å². The highest BCUT2D eigenvalue weighted by molar-refractivity contribution is 6.31. The van der Waals surface area contributed by atoms with E-state index in [1.165, 1.54) is 10.0 Å². The van der Waals surface area contributed by atoms with E-state index in [1.54, 1.807) is 31.2 Å². The monoisotopic (exact) mass is 280 g/mol. The minimum atomic E-state index is -0.598. The predicted octanol–water partition coefficient (Wildman–Crippen LogP) is 1.43. The number of hydrogen-bond acceptors (Lipinski definition) is 3. The summed E-state index contributed by atoms with van der Waals surface area (Å²) in [4.78, 5) is 24.0. The van der Waals surface area contributed by atoms with Gasteiger partial charge in [0.1, 0.15) is 0 Å². The Labute approximate surface area is 115 Å². The number of nitrogens with two attached hydrogens (primary N) is 1. The van der Waals surface area contributed by atoms with Gasteiger partial charge in [0, 0.05) is 10.6 Å². The largest absolute Gasteiger partial charge is 0.351 e. The molecule has 100 valence electrons. The summed E-state index contributed by atoms with van der Waals surface area (Å²) in [6.07, 6.45) is 0.